The number of hydrogen-bond donors (Lipinski definition) is 1. The van der Waals surface area contributed by atoms with E-state index in [-0.39, 0.29) is 36.0 Å². The van der Waals surface area contributed by atoms with Gasteiger partial charge in [-0.05, 0) is 38.3 Å². The van der Waals surface area contributed by atoms with Gasteiger partial charge in [-0.15, -0.1) is 0 Å². The maximum absolute atomic E-state index is 13.4. The predicted octanol–water partition coefficient (Wildman–Crippen LogP) is 2.87. The first-order chi connectivity index (χ1) is 12.8. The average molecular weight is 401 g/mol. The molecule has 9 heteroatoms. The van der Waals surface area contributed by atoms with Crippen molar-refractivity contribution in [3.05, 3.63) is 35.4 Å². The monoisotopic (exact) mass is 400 g/mol. The molecule has 1 aromatic rings. The molecule has 6 nitrogen and oxygen atoms in total. The van der Waals surface area contributed by atoms with Crippen LogP contribution in [0.5, 0.6) is 0 Å². The second-order valence-electron chi connectivity index (χ2n) is 6.95. The molecule has 1 aromatic carbocycles. The Morgan fingerprint density at radius 3 is 2.70 bits per heavy atom. The second-order valence-corrected chi connectivity index (χ2v) is 7.17. The van der Waals surface area contributed by atoms with E-state index in [0.29, 0.717) is 25.0 Å². The van der Waals surface area contributed by atoms with E-state index < -0.39 is 23.1 Å². The minimum Gasteiger partial charge on any atom is -0.449 e. The molecule has 0 bridgehead atoms. The fraction of sp³-hybridized carbons (Fsp3) is 0.500. The van der Waals surface area contributed by atoms with Crippen molar-refractivity contribution in [1.82, 2.24) is 5.32 Å². The first kappa shape index (κ1) is 19.5. The number of oxime groups is 1. The lowest BCUT2D eigenvalue weighted by Gasteiger charge is -2.23. The van der Waals surface area contributed by atoms with Crippen LogP contribution in [0.25, 0.3) is 0 Å². The van der Waals surface area contributed by atoms with Gasteiger partial charge in [0.1, 0.15) is 11.6 Å². The molecule has 146 valence electrons. The number of amides is 1. The lowest BCUT2D eigenvalue weighted by atomic mass is 9.94. The van der Waals surface area contributed by atoms with E-state index in [1.807, 2.05) is 0 Å². The molecule has 1 aliphatic heterocycles. The van der Waals surface area contributed by atoms with Gasteiger partial charge in [-0.2, -0.15) is 0 Å². The van der Waals surface area contributed by atoms with Crippen molar-refractivity contribution in [3.8, 4) is 0 Å². The van der Waals surface area contributed by atoms with Gasteiger partial charge in [-0.1, -0.05) is 16.8 Å². The topological polar surface area (TPSA) is 77.0 Å². The SMILES string of the molecule is CC1(C(=O)NC2CCC(C(=O)OCCl)C2)CC(c2cc(F)cc(F)c2)=NO1. The van der Waals surface area contributed by atoms with Crippen molar-refractivity contribution in [2.45, 2.75) is 44.2 Å². The maximum Gasteiger partial charge on any atom is 0.310 e. The van der Waals surface area contributed by atoms with Crippen LogP contribution in [0.2, 0.25) is 0 Å². The molecule has 0 aromatic heterocycles. The van der Waals surface area contributed by atoms with Crippen LogP contribution in [0.3, 0.4) is 0 Å². The van der Waals surface area contributed by atoms with E-state index in [4.69, 9.17) is 21.2 Å². The quantitative estimate of drug-likeness (QED) is 0.609. The Morgan fingerprint density at radius 1 is 1.33 bits per heavy atom. The summed E-state index contributed by atoms with van der Waals surface area (Å²) >= 11 is 5.39. The lowest BCUT2D eigenvalue weighted by molar-refractivity contribution is -0.146. The van der Waals surface area contributed by atoms with Gasteiger partial charge in [0.25, 0.3) is 5.91 Å². The van der Waals surface area contributed by atoms with Crippen LogP contribution in [0, 0.1) is 17.6 Å². The molecule has 0 saturated heterocycles. The van der Waals surface area contributed by atoms with Crippen LogP contribution in [0.15, 0.2) is 23.4 Å². The molecular weight excluding hydrogens is 382 g/mol. The van der Waals surface area contributed by atoms with Crippen LogP contribution < -0.4 is 5.32 Å². The molecule has 3 rings (SSSR count). The van der Waals surface area contributed by atoms with Gasteiger partial charge in [0, 0.05) is 24.1 Å². The predicted molar refractivity (Wildman–Crippen MR) is 93.1 cm³/mol. The number of halogens is 3. The minimum absolute atomic E-state index is 0.0756. The second kappa shape index (κ2) is 7.80. The molecule has 3 unspecified atom stereocenters. The van der Waals surface area contributed by atoms with Crippen LogP contribution in [-0.4, -0.2) is 35.3 Å². The van der Waals surface area contributed by atoms with Gasteiger partial charge in [-0.3, -0.25) is 9.59 Å². The smallest absolute Gasteiger partial charge is 0.310 e. The molecule has 0 spiro atoms. The summed E-state index contributed by atoms with van der Waals surface area (Å²) < 4.78 is 31.6. The van der Waals surface area contributed by atoms with Crippen LogP contribution in [-0.2, 0) is 19.2 Å². The zero-order valence-corrected chi connectivity index (χ0v) is 15.4. The van der Waals surface area contributed by atoms with Crippen LogP contribution in [0.4, 0.5) is 8.78 Å². The molecule has 1 N–H and O–H groups in total. The molecule has 1 aliphatic carbocycles. The molecule has 0 radical (unpaired) electrons. The zero-order valence-electron chi connectivity index (χ0n) is 14.6. The zero-order chi connectivity index (χ0) is 19.6. The molecular formula is C18H19ClF2N2O4. The Balaban J connectivity index is 1.59. The Hall–Kier alpha value is -2.22. The van der Waals surface area contributed by atoms with Crippen molar-refractivity contribution in [2.24, 2.45) is 11.1 Å². The number of esters is 1. The standard InChI is InChI=1S/C18H19ClF2N2O4/c1-18(8-15(23-27-18)11-4-12(20)7-13(21)5-11)17(25)22-14-3-2-10(6-14)16(24)26-9-19/h4-5,7,10,14H,2-3,6,8-9H2,1H3,(H,22,25). The van der Waals surface area contributed by atoms with E-state index in [9.17, 15) is 18.4 Å². The van der Waals surface area contributed by atoms with Gasteiger partial charge >= 0.3 is 5.97 Å². The minimum atomic E-state index is -1.28. The number of ether oxygens (including phenoxy) is 1. The van der Waals surface area contributed by atoms with Crippen molar-refractivity contribution in [1.29, 1.82) is 0 Å². The summed E-state index contributed by atoms with van der Waals surface area (Å²) in [6.07, 6.45) is 1.77. The summed E-state index contributed by atoms with van der Waals surface area (Å²) in [5.41, 5.74) is -0.762. The first-order valence-electron chi connectivity index (χ1n) is 8.56. The average Bonchev–Trinajstić information content (AvgIpc) is 3.22. The third-order valence-corrected chi connectivity index (χ3v) is 4.95. The van der Waals surface area contributed by atoms with Crippen LogP contribution >= 0.6 is 11.6 Å². The Morgan fingerprint density at radius 2 is 2.04 bits per heavy atom. The summed E-state index contributed by atoms with van der Waals surface area (Å²) in [7, 11) is 0. The molecule has 2 aliphatic rings. The molecule has 1 heterocycles. The van der Waals surface area contributed by atoms with Gasteiger partial charge < -0.3 is 14.9 Å². The number of carbonyl (C=O) groups is 2. The Bertz CT molecular complexity index is 768. The number of benzene rings is 1. The third-order valence-electron chi connectivity index (χ3n) is 4.84. The van der Waals surface area contributed by atoms with E-state index >= 15 is 0 Å². The maximum atomic E-state index is 13.4. The van der Waals surface area contributed by atoms with E-state index in [0.717, 1.165) is 18.2 Å². The van der Waals surface area contributed by atoms with E-state index in [1.54, 1.807) is 6.92 Å². The fourth-order valence-corrected chi connectivity index (χ4v) is 3.48. The normalized spacial score (nSPS) is 27.0. The first-order valence-corrected chi connectivity index (χ1v) is 9.09. The molecule has 1 amide bonds. The summed E-state index contributed by atoms with van der Waals surface area (Å²) in [4.78, 5) is 29.7. The van der Waals surface area contributed by atoms with Crippen molar-refractivity contribution >= 4 is 29.2 Å². The van der Waals surface area contributed by atoms with Gasteiger partial charge in [-0.25, -0.2) is 8.78 Å². The van der Waals surface area contributed by atoms with Crippen LogP contribution in [0.1, 0.15) is 38.2 Å². The van der Waals surface area contributed by atoms with Crippen molar-refractivity contribution < 1.29 is 27.9 Å². The number of hydrogen-bond acceptors (Lipinski definition) is 5. The highest BCUT2D eigenvalue weighted by Gasteiger charge is 2.44. The van der Waals surface area contributed by atoms with Gasteiger partial charge in [0.2, 0.25) is 5.60 Å². The number of nitrogens with zero attached hydrogens (tertiary/aromatic N) is 1. The largest absolute Gasteiger partial charge is 0.449 e. The van der Waals surface area contributed by atoms with Crippen molar-refractivity contribution in [3.63, 3.8) is 0 Å². The number of carbonyl (C=O) groups excluding carboxylic acids is 2. The molecule has 1 saturated carbocycles. The van der Waals surface area contributed by atoms with Gasteiger partial charge in [0.05, 0.1) is 11.6 Å². The Labute approximate surface area is 159 Å². The number of nitrogens with one attached hydrogen (secondary N) is 1. The summed E-state index contributed by atoms with van der Waals surface area (Å²) in [5.74, 6) is -2.52. The lowest BCUT2D eigenvalue weighted by Crippen LogP contribution is -2.48. The number of alkyl halides is 1. The summed E-state index contributed by atoms with van der Waals surface area (Å²) in [6.45, 7) is 1.56. The fourth-order valence-electron chi connectivity index (χ4n) is 3.37. The molecule has 3 atom stereocenters. The molecule has 27 heavy (non-hydrogen) atoms. The van der Waals surface area contributed by atoms with Gasteiger partial charge in [0.15, 0.2) is 6.07 Å². The number of rotatable bonds is 5. The highest BCUT2D eigenvalue weighted by Crippen LogP contribution is 2.30. The van der Waals surface area contributed by atoms with E-state index in [2.05, 4.69) is 10.5 Å². The highest BCUT2D eigenvalue weighted by molar-refractivity contribution is 6.17. The summed E-state index contributed by atoms with van der Waals surface area (Å²) in [6, 6.07) is 2.65. The van der Waals surface area contributed by atoms with E-state index in [1.165, 1.54) is 0 Å². The third kappa shape index (κ3) is 4.37. The Kier molecular flexibility index (Phi) is 5.64. The summed E-state index contributed by atoms with van der Waals surface area (Å²) in [5, 5.41) is 6.70. The molecule has 1 fully saturated rings. The highest BCUT2D eigenvalue weighted by atomic mass is 35.5. The van der Waals surface area contributed by atoms with Crippen molar-refractivity contribution in [2.75, 3.05) is 6.07 Å².